The number of anilines is 2. The molecule has 0 amide bonds. The predicted octanol–water partition coefficient (Wildman–Crippen LogP) is 3.47. The average Bonchev–Trinajstić information content (AvgIpc) is 2.98. The molecule has 0 aliphatic carbocycles. The maximum atomic E-state index is 11.6. The number of ketones is 1. The Labute approximate surface area is 125 Å². The Kier molecular flexibility index (Phi) is 3.65. The first kappa shape index (κ1) is 13.7. The molecule has 0 aromatic heterocycles. The van der Waals surface area contributed by atoms with Crippen LogP contribution in [0.5, 0.6) is 0 Å². The van der Waals surface area contributed by atoms with Crippen molar-refractivity contribution in [3.05, 3.63) is 59.7 Å². The van der Waals surface area contributed by atoms with Gasteiger partial charge in [0.1, 0.15) is 0 Å². The molecular weight excluding hydrogens is 260 g/mol. The van der Waals surface area contributed by atoms with Gasteiger partial charge in [-0.05, 0) is 37.1 Å². The van der Waals surface area contributed by atoms with Crippen molar-refractivity contribution in [2.75, 3.05) is 23.7 Å². The van der Waals surface area contributed by atoms with E-state index in [1.165, 1.54) is 5.56 Å². The van der Waals surface area contributed by atoms with E-state index in [0.29, 0.717) is 17.2 Å². The number of Topliss-reactive ketones (excluding diaryl/α,β-unsaturated/α-hetero) is 1. The van der Waals surface area contributed by atoms with Crippen molar-refractivity contribution >= 4 is 17.2 Å². The van der Waals surface area contributed by atoms with E-state index >= 15 is 0 Å². The highest BCUT2D eigenvalue weighted by Crippen LogP contribution is 2.32. The Bertz CT molecular complexity index is 652. The van der Waals surface area contributed by atoms with Crippen LogP contribution in [-0.2, 0) is 0 Å². The molecule has 0 spiro atoms. The Morgan fingerprint density at radius 2 is 1.95 bits per heavy atom. The fraction of sp³-hybridized carbons (Fsp3) is 0.278. The minimum absolute atomic E-state index is 0.0214. The average molecular weight is 280 g/mol. The quantitative estimate of drug-likeness (QED) is 0.691. The van der Waals surface area contributed by atoms with Crippen molar-refractivity contribution in [2.24, 2.45) is 0 Å². The molecule has 1 saturated heterocycles. The van der Waals surface area contributed by atoms with Crippen molar-refractivity contribution in [2.45, 2.75) is 19.3 Å². The normalized spacial score (nSPS) is 18.0. The highest BCUT2D eigenvalue weighted by molar-refractivity contribution is 6.00. The molecule has 0 radical (unpaired) electrons. The third kappa shape index (κ3) is 2.77. The molecule has 108 valence electrons. The van der Waals surface area contributed by atoms with E-state index in [-0.39, 0.29) is 5.78 Å². The van der Waals surface area contributed by atoms with Crippen LogP contribution in [-0.4, -0.2) is 18.9 Å². The molecule has 2 N–H and O–H groups in total. The molecule has 1 heterocycles. The number of nitrogens with two attached hydrogens (primary N) is 1. The molecule has 3 nitrogen and oxygen atoms in total. The highest BCUT2D eigenvalue weighted by Gasteiger charge is 2.24. The molecule has 1 atom stereocenters. The van der Waals surface area contributed by atoms with Crippen LogP contribution in [0.15, 0.2) is 48.5 Å². The van der Waals surface area contributed by atoms with Crippen LogP contribution in [0.4, 0.5) is 11.4 Å². The molecule has 1 aliphatic rings. The zero-order valence-electron chi connectivity index (χ0n) is 12.3. The molecule has 3 rings (SSSR count). The number of hydrogen-bond donors (Lipinski definition) is 1. The Morgan fingerprint density at radius 1 is 1.19 bits per heavy atom. The van der Waals surface area contributed by atoms with Gasteiger partial charge in [0, 0.05) is 35.9 Å². The lowest BCUT2D eigenvalue weighted by atomic mass is 9.99. The molecule has 3 heteroatoms. The summed E-state index contributed by atoms with van der Waals surface area (Å²) in [6.45, 7) is 3.57. The van der Waals surface area contributed by atoms with Crippen LogP contribution in [0.3, 0.4) is 0 Å². The van der Waals surface area contributed by atoms with E-state index in [1.54, 1.807) is 6.92 Å². The maximum Gasteiger partial charge on any atom is 0.161 e. The van der Waals surface area contributed by atoms with Gasteiger partial charge in [0.2, 0.25) is 0 Å². The number of nitrogen functional groups attached to an aromatic ring is 1. The van der Waals surface area contributed by atoms with E-state index in [9.17, 15) is 4.79 Å². The highest BCUT2D eigenvalue weighted by atomic mass is 16.1. The van der Waals surface area contributed by atoms with Crippen molar-refractivity contribution in [3.63, 3.8) is 0 Å². The van der Waals surface area contributed by atoms with E-state index in [0.717, 1.165) is 25.2 Å². The molecule has 1 aliphatic heterocycles. The molecular formula is C18H20N2O. The summed E-state index contributed by atoms with van der Waals surface area (Å²) in [4.78, 5) is 14.0. The zero-order valence-corrected chi connectivity index (χ0v) is 12.3. The maximum absolute atomic E-state index is 11.6. The second-order valence-corrected chi connectivity index (χ2v) is 5.67. The summed E-state index contributed by atoms with van der Waals surface area (Å²) in [6.07, 6.45) is 1.14. The van der Waals surface area contributed by atoms with Crippen molar-refractivity contribution in [1.82, 2.24) is 0 Å². The van der Waals surface area contributed by atoms with Gasteiger partial charge in [0.25, 0.3) is 0 Å². The van der Waals surface area contributed by atoms with Gasteiger partial charge in [-0.1, -0.05) is 30.3 Å². The Morgan fingerprint density at radius 3 is 2.67 bits per heavy atom. The molecule has 2 aromatic carbocycles. The van der Waals surface area contributed by atoms with E-state index in [1.807, 2.05) is 18.2 Å². The minimum atomic E-state index is 0.0214. The molecule has 0 bridgehead atoms. The van der Waals surface area contributed by atoms with Crippen LogP contribution < -0.4 is 10.6 Å². The summed E-state index contributed by atoms with van der Waals surface area (Å²) in [6, 6.07) is 16.4. The van der Waals surface area contributed by atoms with E-state index < -0.39 is 0 Å². The largest absolute Gasteiger partial charge is 0.398 e. The zero-order chi connectivity index (χ0) is 14.8. The van der Waals surface area contributed by atoms with Crippen LogP contribution in [0.2, 0.25) is 0 Å². The smallest absolute Gasteiger partial charge is 0.161 e. The van der Waals surface area contributed by atoms with Gasteiger partial charge in [-0.2, -0.15) is 0 Å². The molecule has 2 aromatic rings. The number of rotatable bonds is 3. The molecule has 1 unspecified atom stereocenters. The summed E-state index contributed by atoms with van der Waals surface area (Å²) in [7, 11) is 0. The van der Waals surface area contributed by atoms with Gasteiger partial charge < -0.3 is 10.6 Å². The number of hydrogen-bond acceptors (Lipinski definition) is 3. The third-order valence-corrected chi connectivity index (χ3v) is 4.24. The van der Waals surface area contributed by atoms with Gasteiger partial charge in [0.15, 0.2) is 5.78 Å². The lowest BCUT2D eigenvalue weighted by Crippen LogP contribution is -2.19. The second kappa shape index (κ2) is 5.60. The van der Waals surface area contributed by atoms with E-state index in [2.05, 4.69) is 35.2 Å². The van der Waals surface area contributed by atoms with Crippen molar-refractivity contribution in [3.8, 4) is 0 Å². The summed E-state index contributed by atoms with van der Waals surface area (Å²) < 4.78 is 0. The van der Waals surface area contributed by atoms with Crippen LogP contribution in [0.25, 0.3) is 0 Å². The Balaban J connectivity index is 1.80. The number of nitrogens with zero attached hydrogens (tertiary/aromatic N) is 1. The molecule has 0 saturated carbocycles. The van der Waals surface area contributed by atoms with Gasteiger partial charge in [-0.15, -0.1) is 0 Å². The summed E-state index contributed by atoms with van der Waals surface area (Å²) in [5.41, 5.74) is 9.53. The summed E-state index contributed by atoms with van der Waals surface area (Å²) in [5.74, 6) is 0.581. The number of carbonyl (C=O) groups excluding carboxylic acids is 1. The first-order valence-electron chi connectivity index (χ1n) is 7.35. The SMILES string of the molecule is CC(=O)c1cc(N2CCC(c3ccccc3)C2)ccc1N. The first-order valence-corrected chi connectivity index (χ1v) is 7.35. The first-order chi connectivity index (χ1) is 10.1. The van der Waals surface area contributed by atoms with Crippen LogP contribution in [0.1, 0.15) is 35.2 Å². The second-order valence-electron chi connectivity index (χ2n) is 5.67. The van der Waals surface area contributed by atoms with Gasteiger partial charge >= 0.3 is 0 Å². The lowest BCUT2D eigenvalue weighted by Gasteiger charge is -2.20. The summed E-state index contributed by atoms with van der Waals surface area (Å²) >= 11 is 0. The topological polar surface area (TPSA) is 46.3 Å². The summed E-state index contributed by atoms with van der Waals surface area (Å²) in [5, 5.41) is 0. The van der Waals surface area contributed by atoms with Crippen LogP contribution in [0, 0.1) is 0 Å². The fourth-order valence-electron chi connectivity index (χ4n) is 3.04. The number of benzene rings is 2. The third-order valence-electron chi connectivity index (χ3n) is 4.24. The van der Waals surface area contributed by atoms with Crippen LogP contribution >= 0.6 is 0 Å². The fourth-order valence-corrected chi connectivity index (χ4v) is 3.04. The van der Waals surface area contributed by atoms with Gasteiger partial charge in [-0.25, -0.2) is 0 Å². The number of carbonyl (C=O) groups is 1. The standard InChI is InChI=1S/C18H20N2O/c1-13(21)17-11-16(7-8-18(17)19)20-10-9-15(12-20)14-5-3-2-4-6-14/h2-8,11,15H,9-10,12,19H2,1H3. The van der Waals surface area contributed by atoms with Crippen molar-refractivity contribution in [1.29, 1.82) is 0 Å². The van der Waals surface area contributed by atoms with E-state index in [4.69, 9.17) is 5.73 Å². The molecule has 1 fully saturated rings. The minimum Gasteiger partial charge on any atom is -0.398 e. The van der Waals surface area contributed by atoms with Crippen molar-refractivity contribution < 1.29 is 4.79 Å². The predicted molar refractivity (Wildman–Crippen MR) is 86.9 cm³/mol. The van der Waals surface area contributed by atoms with Gasteiger partial charge in [0.05, 0.1) is 0 Å². The monoisotopic (exact) mass is 280 g/mol. The Hall–Kier alpha value is -2.29. The van der Waals surface area contributed by atoms with Gasteiger partial charge in [-0.3, -0.25) is 4.79 Å². The molecule has 21 heavy (non-hydrogen) atoms. The lowest BCUT2D eigenvalue weighted by molar-refractivity contribution is 0.101.